The molecular formula is C17H17BrN2O4. The fraction of sp³-hybridized carbons (Fsp3) is 0.176. The fourth-order valence-electron chi connectivity index (χ4n) is 1.87. The number of ether oxygens (including phenoxy) is 2. The van der Waals surface area contributed by atoms with Crippen molar-refractivity contribution in [1.82, 2.24) is 10.9 Å². The largest absolute Gasteiger partial charge is 0.496 e. The Morgan fingerprint density at radius 3 is 2.46 bits per heavy atom. The second-order valence-corrected chi connectivity index (χ2v) is 5.86. The molecule has 2 N–H and O–H groups in total. The summed E-state index contributed by atoms with van der Waals surface area (Å²) in [6, 6.07) is 12.3. The van der Waals surface area contributed by atoms with Crippen LogP contribution >= 0.6 is 15.9 Å². The Kier molecular flexibility index (Phi) is 6.20. The summed E-state index contributed by atoms with van der Waals surface area (Å²) >= 11 is 3.29. The molecular weight excluding hydrogens is 376 g/mol. The summed E-state index contributed by atoms with van der Waals surface area (Å²) in [6.45, 7) is 1.75. The second-order valence-electron chi connectivity index (χ2n) is 4.95. The van der Waals surface area contributed by atoms with Crippen LogP contribution in [0.15, 0.2) is 46.9 Å². The Hall–Kier alpha value is -2.54. The molecule has 0 saturated carbocycles. The summed E-state index contributed by atoms with van der Waals surface area (Å²) < 4.78 is 11.2. The van der Waals surface area contributed by atoms with Gasteiger partial charge in [-0.25, -0.2) is 0 Å². The maximum Gasteiger partial charge on any atom is 0.276 e. The van der Waals surface area contributed by atoms with Crippen molar-refractivity contribution in [2.24, 2.45) is 0 Å². The average Bonchev–Trinajstić information content (AvgIpc) is 2.59. The van der Waals surface area contributed by atoms with E-state index < -0.39 is 11.8 Å². The van der Waals surface area contributed by atoms with E-state index in [4.69, 9.17) is 9.47 Å². The minimum atomic E-state index is -0.489. The standard InChI is InChI=1S/C17H17BrN2O4/c1-11-3-6-13(7-4-11)24-10-16(21)19-20-17(22)14-9-12(18)5-8-15(14)23-2/h3-9H,10H2,1-2H3,(H,19,21)(H,20,22). The van der Waals surface area contributed by atoms with Crippen molar-refractivity contribution in [2.75, 3.05) is 13.7 Å². The molecule has 2 rings (SSSR count). The maximum atomic E-state index is 12.1. The van der Waals surface area contributed by atoms with Gasteiger partial charge in [0.2, 0.25) is 0 Å². The van der Waals surface area contributed by atoms with Crippen LogP contribution in [0, 0.1) is 6.92 Å². The van der Waals surface area contributed by atoms with Crippen molar-refractivity contribution in [2.45, 2.75) is 6.92 Å². The van der Waals surface area contributed by atoms with Crippen molar-refractivity contribution in [3.05, 3.63) is 58.1 Å². The zero-order valence-corrected chi connectivity index (χ0v) is 14.8. The SMILES string of the molecule is COc1ccc(Br)cc1C(=O)NNC(=O)COc1ccc(C)cc1. The molecule has 2 aromatic carbocycles. The molecule has 6 nitrogen and oxygen atoms in total. The van der Waals surface area contributed by atoms with Crippen LogP contribution in [-0.2, 0) is 4.79 Å². The molecule has 0 aliphatic heterocycles. The van der Waals surface area contributed by atoms with Crippen LogP contribution in [0.25, 0.3) is 0 Å². The molecule has 126 valence electrons. The van der Waals surface area contributed by atoms with Gasteiger partial charge in [-0.15, -0.1) is 0 Å². The zero-order chi connectivity index (χ0) is 17.5. The Bertz CT molecular complexity index is 732. The van der Waals surface area contributed by atoms with Gasteiger partial charge >= 0.3 is 0 Å². The second kappa shape index (κ2) is 8.35. The Labute approximate surface area is 148 Å². The molecule has 24 heavy (non-hydrogen) atoms. The van der Waals surface area contributed by atoms with Crippen molar-refractivity contribution in [3.8, 4) is 11.5 Å². The van der Waals surface area contributed by atoms with Crippen LogP contribution in [-0.4, -0.2) is 25.5 Å². The minimum absolute atomic E-state index is 0.209. The number of carbonyl (C=O) groups is 2. The lowest BCUT2D eigenvalue weighted by Crippen LogP contribution is -2.43. The van der Waals surface area contributed by atoms with E-state index >= 15 is 0 Å². The number of rotatable bonds is 5. The summed E-state index contributed by atoms with van der Waals surface area (Å²) in [6.07, 6.45) is 0. The summed E-state index contributed by atoms with van der Waals surface area (Å²) in [5.74, 6) is 0.0197. The van der Waals surface area contributed by atoms with E-state index in [9.17, 15) is 9.59 Å². The fourth-order valence-corrected chi connectivity index (χ4v) is 2.23. The Morgan fingerprint density at radius 2 is 1.79 bits per heavy atom. The van der Waals surface area contributed by atoms with Gasteiger partial charge in [0.15, 0.2) is 6.61 Å². The van der Waals surface area contributed by atoms with Crippen LogP contribution in [0.3, 0.4) is 0 Å². The van der Waals surface area contributed by atoms with E-state index in [1.165, 1.54) is 7.11 Å². The monoisotopic (exact) mass is 392 g/mol. The molecule has 0 aliphatic carbocycles. The molecule has 2 amide bonds. The molecule has 0 saturated heterocycles. The quantitative estimate of drug-likeness (QED) is 0.766. The van der Waals surface area contributed by atoms with Crippen LogP contribution in [0.4, 0.5) is 0 Å². The lowest BCUT2D eigenvalue weighted by atomic mass is 10.2. The minimum Gasteiger partial charge on any atom is -0.496 e. The molecule has 0 heterocycles. The number of hydrazine groups is 1. The summed E-state index contributed by atoms with van der Waals surface area (Å²) in [7, 11) is 1.47. The van der Waals surface area contributed by atoms with Crippen molar-refractivity contribution >= 4 is 27.7 Å². The van der Waals surface area contributed by atoms with Gasteiger partial charge in [-0.3, -0.25) is 20.4 Å². The number of hydrogen-bond acceptors (Lipinski definition) is 4. The van der Waals surface area contributed by atoms with Crippen LogP contribution in [0.2, 0.25) is 0 Å². The first-order chi connectivity index (χ1) is 11.5. The highest BCUT2D eigenvalue weighted by Crippen LogP contribution is 2.22. The number of halogens is 1. The molecule has 0 fully saturated rings. The highest BCUT2D eigenvalue weighted by Gasteiger charge is 2.13. The molecule has 0 aliphatic rings. The predicted octanol–water partition coefficient (Wildman–Crippen LogP) is 2.61. The first kappa shape index (κ1) is 17.8. The Morgan fingerprint density at radius 1 is 1.08 bits per heavy atom. The molecule has 0 bridgehead atoms. The summed E-state index contributed by atoms with van der Waals surface area (Å²) in [5, 5.41) is 0. The zero-order valence-electron chi connectivity index (χ0n) is 13.3. The van der Waals surface area contributed by atoms with Crippen LogP contribution < -0.4 is 20.3 Å². The normalized spacial score (nSPS) is 9.96. The van der Waals surface area contributed by atoms with Crippen molar-refractivity contribution < 1.29 is 19.1 Å². The smallest absolute Gasteiger partial charge is 0.276 e. The molecule has 0 aromatic heterocycles. The number of benzene rings is 2. The van der Waals surface area contributed by atoms with Gasteiger partial charge in [0.1, 0.15) is 11.5 Å². The number of amides is 2. The third kappa shape index (κ3) is 4.99. The number of methoxy groups -OCH3 is 1. The van der Waals surface area contributed by atoms with E-state index in [-0.39, 0.29) is 6.61 Å². The number of aryl methyl sites for hydroxylation is 1. The lowest BCUT2D eigenvalue weighted by Gasteiger charge is -2.11. The molecule has 0 unspecified atom stereocenters. The third-order valence-electron chi connectivity index (χ3n) is 3.11. The van der Waals surface area contributed by atoms with Gasteiger partial charge in [-0.2, -0.15) is 0 Å². The lowest BCUT2D eigenvalue weighted by molar-refractivity contribution is -0.123. The summed E-state index contributed by atoms with van der Waals surface area (Å²) in [4.78, 5) is 23.9. The number of carbonyl (C=O) groups excluding carboxylic acids is 2. The van der Waals surface area contributed by atoms with Gasteiger partial charge < -0.3 is 9.47 Å². The predicted molar refractivity (Wildman–Crippen MR) is 93.0 cm³/mol. The molecule has 7 heteroatoms. The van der Waals surface area contributed by atoms with E-state index in [2.05, 4.69) is 26.8 Å². The highest BCUT2D eigenvalue weighted by atomic mass is 79.9. The van der Waals surface area contributed by atoms with Gasteiger partial charge in [-0.1, -0.05) is 33.6 Å². The van der Waals surface area contributed by atoms with Gasteiger partial charge in [0.05, 0.1) is 12.7 Å². The topological polar surface area (TPSA) is 76.7 Å². The molecule has 2 aromatic rings. The van der Waals surface area contributed by atoms with Gasteiger partial charge in [-0.05, 0) is 37.3 Å². The average molecular weight is 393 g/mol. The number of hydrogen-bond donors (Lipinski definition) is 2. The van der Waals surface area contributed by atoms with Crippen molar-refractivity contribution in [3.63, 3.8) is 0 Å². The van der Waals surface area contributed by atoms with Gasteiger partial charge in [0.25, 0.3) is 11.8 Å². The highest BCUT2D eigenvalue weighted by molar-refractivity contribution is 9.10. The van der Waals surface area contributed by atoms with Gasteiger partial charge in [0, 0.05) is 4.47 Å². The number of nitrogens with one attached hydrogen (secondary N) is 2. The third-order valence-corrected chi connectivity index (χ3v) is 3.61. The van der Waals surface area contributed by atoms with E-state index in [0.717, 1.165) is 10.0 Å². The van der Waals surface area contributed by atoms with Crippen LogP contribution in [0.5, 0.6) is 11.5 Å². The molecule has 0 spiro atoms. The van der Waals surface area contributed by atoms with Crippen LogP contribution in [0.1, 0.15) is 15.9 Å². The first-order valence-electron chi connectivity index (χ1n) is 7.12. The Balaban J connectivity index is 1.86. The van der Waals surface area contributed by atoms with E-state index in [0.29, 0.717) is 17.1 Å². The maximum absolute atomic E-state index is 12.1. The van der Waals surface area contributed by atoms with Crippen molar-refractivity contribution in [1.29, 1.82) is 0 Å². The molecule has 0 atom stereocenters. The van der Waals surface area contributed by atoms with E-state index in [1.807, 2.05) is 19.1 Å². The van der Waals surface area contributed by atoms with E-state index in [1.54, 1.807) is 30.3 Å². The summed E-state index contributed by atoms with van der Waals surface area (Å²) in [5.41, 5.74) is 6.02. The first-order valence-corrected chi connectivity index (χ1v) is 7.91. The molecule has 0 radical (unpaired) electrons.